The van der Waals surface area contributed by atoms with E-state index in [-0.39, 0.29) is 31.7 Å². The molecule has 11 nitrogen and oxygen atoms in total. The minimum absolute atomic E-state index is 0.0119. The highest BCUT2D eigenvalue weighted by atomic mass is 35.5. The van der Waals surface area contributed by atoms with Gasteiger partial charge in [-0.25, -0.2) is 14.5 Å². The number of anilines is 1. The van der Waals surface area contributed by atoms with Crippen molar-refractivity contribution in [3.63, 3.8) is 0 Å². The summed E-state index contributed by atoms with van der Waals surface area (Å²) < 4.78 is 5.81. The number of likely N-dealkylation sites (tertiary alicyclic amines) is 1. The molecule has 2 heterocycles. The Bertz CT molecular complexity index is 1200. The van der Waals surface area contributed by atoms with Crippen LogP contribution in [-0.2, 0) is 11.3 Å². The van der Waals surface area contributed by atoms with Crippen LogP contribution in [0.25, 0.3) is 0 Å². The molecule has 0 aliphatic carbocycles. The second-order valence-electron chi connectivity index (χ2n) is 9.84. The summed E-state index contributed by atoms with van der Waals surface area (Å²) in [4.78, 5) is 52.7. The molecule has 0 radical (unpaired) electrons. The maximum absolute atomic E-state index is 13.6. The minimum atomic E-state index is -0.799. The van der Waals surface area contributed by atoms with Gasteiger partial charge in [-0.1, -0.05) is 23.7 Å². The first-order valence-corrected chi connectivity index (χ1v) is 12.8. The lowest BCUT2D eigenvalue weighted by molar-refractivity contribution is -0.120. The fourth-order valence-corrected chi connectivity index (χ4v) is 4.65. The molecule has 1 atom stereocenters. The van der Waals surface area contributed by atoms with Gasteiger partial charge in [0.15, 0.2) is 6.29 Å². The predicted molar refractivity (Wildman–Crippen MR) is 143 cm³/mol. The molecule has 0 spiro atoms. The third-order valence-electron chi connectivity index (χ3n) is 6.34. The highest BCUT2D eigenvalue weighted by Gasteiger charge is 2.41. The Kier molecular flexibility index (Phi) is 8.48. The number of amides is 5. The summed E-state index contributed by atoms with van der Waals surface area (Å²) in [5, 5.41) is 9.15. The summed E-state index contributed by atoms with van der Waals surface area (Å²) >= 11 is 6.04. The van der Waals surface area contributed by atoms with Crippen molar-refractivity contribution >= 4 is 35.3 Å². The topological polar surface area (TPSA) is 124 Å². The van der Waals surface area contributed by atoms with Crippen LogP contribution < -0.4 is 15.4 Å². The number of hydrogen-bond acceptors (Lipinski definition) is 7. The molecule has 0 bridgehead atoms. The largest absolute Gasteiger partial charge is 0.491 e. The number of ether oxygens (including phenoxy) is 1. The average Bonchev–Trinajstić information content (AvgIpc) is 2.84. The monoisotopic (exact) mass is 542 g/mol. The first-order chi connectivity index (χ1) is 18.1. The lowest BCUT2D eigenvalue weighted by Gasteiger charge is -2.45. The van der Waals surface area contributed by atoms with Crippen molar-refractivity contribution in [3.05, 3.63) is 63.5 Å². The van der Waals surface area contributed by atoms with Crippen molar-refractivity contribution in [2.45, 2.75) is 39.7 Å². The fraction of sp³-hybridized carbons (Fsp3) is 0.423. The molecule has 4 rings (SSSR count). The Hall–Kier alpha value is -3.70. The molecule has 2 aliphatic rings. The number of carbonyl (C=O) groups is 3. The number of carbonyl (C=O) groups excluding carboxylic acids is 3. The van der Waals surface area contributed by atoms with E-state index in [2.05, 4.69) is 15.8 Å². The van der Waals surface area contributed by atoms with Gasteiger partial charge in [-0.3, -0.25) is 19.9 Å². The van der Waals surface area contributed by atoms with Gasteiger partial charge in [0.2, 0.25) is 0 Å². The summed E-state index contributed by atoms with van der Waals surface area (Å²) in [5.41, 5.74) is 2.48. The smallest absolute Gasteiger partial charge is 0.331 e. The molecule has 12 heteroatoms. The first kappa shape index (κ1) is 27.3. The van der Waals surface area contributed by atoms with E-state index in [0.717, 1.165) is 16.9 Å². The van der Waals surface area contributed by atoms with Crippen LogP contribution in [0.5, 0.6) is 5.75 Å². The molecule has 2 N–H and O–H groups in total. The minimum Gasteiger partial charge on any atom is -0.491 e. The normalized spacial score (nSPS) is 18.3. The zero-order valence-corrected chi connectivity index (χ0v) is 22.3. The lowest BCUT2D eigenvalue weighted by atomic mass is 9.99. The van der Waals surface area contributed by atoms with Crippen LogP contribution in [0.15, 0.2) is 47.6 Å². The third-order valence-corrected chi connectivity index (χ3v) is 6.59. The first-order valence-electron chi connectivity index (χ1n) is 12.4. The van der Waals surface area contributed by atoms with E-state index < -0.39 is 24.3 Å². The Morgan fingerprint density at radius 2 is 1.89 bits per heavy atom. The molecule has 0 aromatic heterocycles. The van der Waals surface area contributed by atoms with Crippen LogP contribution >= 0.6 is 11.6 Å². The van der Waals surface area contributed by atoms with Crippen molar-refractivity contribution in [2.24, 2.45) is 11.1 Å². The molecule has 2 saturated heterocycles. The van der Waals surface area contributed by atoms with Gasteiger partial charge in [0.05, 0.1) is 19.2 Å². The van der Waals surface area contributed by atoms with Gasteiger partial charge in [0.1, 0.15) is 5.75 Å². The summed E-state index contributed by atoms with van der Waals surface area (Å²) in [6.07, 6.45) is -0.763. The molecule has 2 aromatic carbocycles. The van der Waals surface area contributed by atoms with Crippen LogP contribution in [0.3, 0.4) is 0 Å². The van der Waals surface area contributed by atoms with Crippen LogP contribution in [0.2, 0.25) is 5.02 Å². The van der Waals surface area contributed by atoms with E-state index >= 15 is 0 Å². The van der Waals surface area contributed by atoms with Crippen molar-refractivity contribution in [1.29, 1.82) is 0 Å². The number of nitrogens with one attached hydrogen (secondary N) is 2. The molecule has 1 unspecified atom stereocenters. The summed E-state index contributed by atoms with van der Waals surface area (Å²) in [6.45, 7) is 7.18. The van der Waals surface area contributed by atoms with Gasteiger partial charge < -0.3 is 10.1 Å². The summed E-state index contributed by atoms with van der Waals surface area (Å²) in [5.74, 6) is 0.0122. The fourth-order valence-electron chi connectivity index (χ4n) is 4.53. The zero-order chi connectivity index (χ0) is 27.4. The highest BCUT2D eigenvalue weighted by Crippen LogP contribution is 2.26. The molecule has 202 valence electrons. The molecule has 0 saturated carbocycles. The van der Waals surface area contributed by atoms with Crippen molar-refractivity contribution in [2.75, 3.05) is 31.5 Å². The van der Waals surface area contributed by atoms with E-state index in [1.165, 1.54) is 4.90 Å². The summed E-state index contributed by atoms with van der Waals surface area (Å²) in [6, 6.07) is 11.8. The van der Waals surface area contributed by atoms with Crippen molar-refractivity contribution in [3.8, 4) is 5.75 Å². The molecule has 2 aromatic rings. The molecule has 2 aliphatic heterocycles. The Morgan fingerprint density at radius 3 is 2.53 bits per heavy atom. The zero-order valence-electron chi connectivity index (χ0n) is 21.5. The van der Waals surface area contributed by atoms with Gasteiger partial charge in [-0.05, 0) is 62.2 Å². The molecular weight excluding hydrogens is 512 g/mol. The van der Waals surface area contributed by atoms with E-state index in [9.17, 15) is 19.3 Å². The number of nitrogens with zero attached hydrogens (tertiary/aromatic N) is 4. The van der Waals surface area contributed by atoms with Crippen LogP contribution in [0, 0.1) is 17.7 Å². The number of nitroso groups, excluding NO2 is 1. The standard InChI is InChI=1S/C26H31ClN6O5/c1-16(2)38-22-9-8-21(10-17(22)3)28-24-29-25(35)33(14-19-11-31(12-19)15-23(34)30-37)26(36)32(24)13-18-4-6-20(27)7-5-18/h4-10,16,19,24,28H,11-15H2,1-3H3,(H,29,35). The number of benzene rings is 2. The Balaban J connectivity index is 1.49. The van der Waals surface area contributed by atoms with Gasteiger partial charge in [-0.15, -0.1) is 4.91 Å². The van der Waals surface area contributed by atoms with Crippen LogP contribution in [0.1, 0.15) is 25.0 Å². The lowest BCUT2D eigenvalue weighted by Crippen LogP contribution is -2.68. The SMILES string of the molecule is Cc1cc(NC2NC(=O)N(CC3CN(CC(=O)N=O)C3)C(=O)N2Cc2ccc(Cl)cc2)ccc1OC(C)C. The maximum Gasteiger partial charge on any atom is 0.331 e. The number of urea groups is 2. The van der Waals surface area contributed by atoms with Crippen LogP contribution in [0.4, 0.5) is 15.3 Å². The van der Waals surface area contributed by atoms with Gasteiger partial charge >= 0.3 is 12.1 Å². The quantitative estimate of drug-likeness (QED) is 0.435. The van der Waals surface area contributed by atoms with Gasteiger partial charge in [-0.2, -0.15) is 0 Å². The van der Waals surface area contributed by atoms with Crippen molar-refractivity contribution < 1.29 is 19.1 Å². The number of aryl methyl sites for hydroxylation is 1. The number of rotatable bonds is 10. The van der Waals surface area contributed by atoms with Crippen LogP contribution in [-0.4, -0.2) is 71.2 Å². The second-order valence-corrected chi connectivity index (χ2v) is 10.3. The predicted octanol–water partition coefficient (Wildman–Crippen LogP) is 4.00. The molecule has 5 amide bonds. The molecule has 38 heavy (non-hydrogen) atoms. The maximum atomic E-state index is 13.6. The number of hydrogen-bond donors (Lipinski definition) is 2. The van der Waals surface area contributed by atoms with E-state index in [1.807, 2.05) is 51.1 Å². The highest BCUT2D eigenvalue weighted by molar-refractivity contribution is 6.30. The Labute approximate surface area is 226 Å². The number of imide groups is 1. The van der Waals surface area contributed by atoms with E-state index in [1.54, 1.807) is 21.9 Å². The van der Waals surface area contributed by atoms with E-state index in [0.29, 0.717) is 23.8 Å². The van der Waals surface area contributed by atoms with Gasteiger partial charge in [0.25, 0.3) is 5.91 Å². The van der Waals surface area contributed by atoms with Gasteiger partial charge in [0, 0.05) is 41.4 Å². The summed E-state index contributed by atoms with van der Waals surface area (Å²) in [7, 11) is 0. The molecule has 2 fully saturated rings. The average molecular weight is 543 g/mol. The second kappa shape index (κ2) is 11.8. The third kappa shape index (κ3) is 6.59. The van der Waals surface area contributed by atoms with Crippen molar-refractivity contribution in [1.82, 2.24) is 20.0 Å². The Morgan fingerprint density at radius 1 is 1.18 bits per heavy atom. The van der Waals surface area contributed by atoms with E-state index in [4.69, 9.17) is 16.3 Å². The number of halogens is 1. The molecular formula is C26H31ClN6O5.